The Hall–Kier alpha value is -2.21. The van der Waals surface area contributed by atoms with Crippen molar-refractivity contribution in [2.24, 2.45) is 4.40 Å². The second kappa shape index (κ2) is 5.21. The van der Waals surface area contributed by atoms with E-state index in [0.29, 0.717) is 17.6 Å². The Morgan fingerprint density at radius 3 is 2.41 bits per heavy atom. The third-order valence-corrected chi connectivity index (χ3v) is 5.01. The molecule has 0 N–H and O–H groups in total. The summed E-state index contributed by atoms with van der Waals surface area (Å²) in [6.45, 7) is 5.93. The predicted molar refractivity (Wildman–Crippen MR) is 87.2 cm³/mol. The predicted octanol–water partition coefficient (Wildman–Crippen LogP) is 3.46. The van der Waals surface area contributed by atoms with Crippen LogP contribution in [-0.2, 0) is 10.0 Å². The highest BCUT2D eigenvalue weighted by atomic mass is 32.2. The molecule has 0 saturated heterocycles. The Bertz CT molecular complexity index is 840. The average Bonchev–Trinajstić information content (AvgIpc) is 2.47. The molecule has 0 fully saturated rings. The number of nitrogens with zero attached hydrogens (tertiary/aromatic N) is 3. The number of pyridine rings is 1. The van der Waals surface area contributed by atoms with Crippen molar-refractivity contribution in [3.8, 4) is 0 Å². The molecule has 1 aliphatic heterocycles. The van der Waals surface area contributed by atoms with Crippen LogP contribution in [0.4, 0.5) is 11.5 Å². The van der Waals surface area contributed by atoms with E-state index in [0.717, 1.165) is 5.69 Å². The largest absolute Gasteiger partial charge is 0.287 e. The van der Waals surface area contributed by atoms with Gasteiger partial charge in [-0.15, -0.1) is 4.40 Å². The van der Waals surface area contributed by atoms with Gasteiger partial charge in [0.25, 0.3) is 10.0 Å². The van der Waals surface area contributed by atoms with Gasteiger partial charge < -0.3 is 0 Å². The fraction of sp³-hybridized carbons (Fsp3) is 0.250. The van der Waals surface area contributed by atoms with Crippen LogP contribution in [0.1, 0.15) is 32.3 Å². The Balaban J connectivity index is 2.14. The molecule has 0 saturated carbocycles. The first-order valence-electron chi connectivity index (χ1n) is 7.07. The normalized spacial score (nSPS) is 16.4. The average molecular weight is 315 g/mol. The van der Waals surface area contributed by atoms with Crippen LogP contribution in [0.3, 0.4) is 0 Å². The van der Waals surface area contributed by atoms with E-state index in [1.54, 1.807) is 24.1 Å². The smallest absolute Gasteiger partial charge is 0.281 e. The molecular formula is C16H17N3O2S. The minimum Gasteiger partial charge on any atom is -0.281 e. The zero-order chi connectivity index (χ0) is 15.9. The Morgan fingerprint density at radius 1 is 1.09 bits per heavy atom. The summed E-state index contributed by atoms with van der Waals surface area (Å²) in [6, 6.07) is 11.1. The van der Waals surface area contributed by atoms with E-state index in [4.69, 9.17) is 0 Å². The van der Waals surface area contributed by atoms with Gasteiger partial charge in [0.2, 0.25) is 0 Å². The van der Waals surface area contributed by atoms with Crippen molar-refractivity contribution in [2.75, 3.05) is 4.90 Å². The van der Waals surface area contributed by atoms with Gasteiger partial charge in [-0.1, -0.05) is 26.0 Å². The van der Waals surface area contributed by atoms with Gasteiger partial charge in [-0.2, -0.15) is 8.42 Å². The first kappa shape index (κ1) is 14.7. The number of rotatable bonds is 2. The molecule has 2 aromatic rings. The first-order chi connectivity index (χ1) is 10.4. The maximum atomic E-state index is 12.1. The maximum Gasteiger partial charge on any atom is 0.287 e. The summed E-state index contributed by atoms with van der Waals surface area (Å²) < 4.78 is 28.1. The maximum absolute atomic E-state index is 12.1. The molecule has 1 aromatic carbocycles. The monoisotopic (exact) mass is 315 g/mol. The lowest BCUT2D eigenvalue weighted by atomic mass is 10.0. The molecule has 1 aliphatic rings. The molecule has 22 heavy (non-hydrogen) atoms. The summed E-state index contributed by atoms with van der Waals surface area (Å²) in [6.07, 6.45) is 1.59. The van der Waals surface area contributed by atoms with Gasteiger partial charge in [0.05, 0.1) is 0 Å². The number of benzene rings is 1. The third-order valence-electron chi connectivity index (χ3n) is 3.63. The summed E-state index contributed by atoms with van der Waals surface area (Å²) >= 11 is 0. The van der Waals surface area contributed by atoms with Gasteiger partial charge in [-0.05, 0) is 42.7 Å². The van der Waals surface area contributed by atoms with Crippen LogP contribution in [0, 0.1) is 0 Å². The highest BCUT2D eigenvalue weighted by molar-refractivity contribution is 7.90. The lowest BCUT2D eigenvalue weighted by Crippen LogP contribution is -2.30. The lowest BCUT2D eigenvalue weighted by Gasteiger charge is -2.28. The number of anilines is 2. The summed E-state index contributed by atoms with van der Waals surface area (Å²) in [4.78, 5) is 6.14. The number of amidine groups is 1. The third kappa shape index (κ3) is 2.39. The highest BCUT2D eigenvalue weighted by Crippen LogP contribution is 2.35. The van der Waals surface area contributed by atoms with E-state index >= 15 is 0 Å². The quantitative estimate of drug-likeness (QED) is 0.851. The summed E-state index contributed by atoms with van der Waals surface area (Å²) in [5.74, 6) is 1.23. The van der Waals surface area contributed by atoms with Crippen molar-refractivity contribution >= 4 is 27.4 Å². The number of hydrogen-bond acceptors (Lipinski definition) is 4. The van der Waals surface area contributed by atoms with Crippen LogP contribution in [0.5, 0.6) is 0 Å². The first-order valence-corrected chi connectivity index (χ1v) is 8.51. The van der Waals surface area contributed by atoms with Crippen LogP contribution in [-0.4, -0.2) is 19.2 Å². The van der Waals surface area contributed by atoms with E-state index in [2.05, 4.69) is 23.2 Å². The van der Waals surface area contributed by atoms with Crippen LogP contribution in [0.15, 0.2) is 51.9 Å². The zero-order valence-corrected chi connectivity index (χ0v) is 13.5. The van der Waals surface area contributed by atoms with Gasteiger partial charge in [0.1, 0.15) is 10.7 Å². The van der Waals surface area contributed by atoms with Crippen molar-refractivity contribution in [1.29, 1.82) is 0 Å². The molecule has 0 spiro atoms. The summed E-state index contributed by atoms with van der Waals surface area (Å²) in [5.41, 5.74) is 2.07. The highest BCUT2D eigenvalue weighted by Gasteiger charge is 2.30. The van der Waals surface area contributed by atoms with E-state index in [-0.39, 0.29) is 4.90 Å². The number of hydrogen-bond donors (Lipinski definition) is 0. The minimum absolute atomic E-state index is 0.133. The molecule has 0 aliphatic carbocycles. The van der Waals surface area contributed by atoms with E-state index in [1.165, 1.54) is 11.6 Å². The second-order valence-corrected chi connectivity index (χ2v) is 7.09. The fourth-order valence-corrected chi connectivity index (χ4v) is 3.64. The standard InChI is InChI=1S/C16H17N3O2S/c1-11(2)13-6-8-14(9-7-13)19-12(3)18-22(20,21)15-5-4-10-17-16(15)19/h4-11H,1-3H3. The molecule has 1 aromatic heterocycles. The molecule has 0 amide bonds. The van der Waals surface area contributed by atoms with E-state index in [1.807, 2.05) is 24.3 Å². The fourth-order valence-electron chi connectivity index (χ4n) is 2.49. The summed E-state index contributed by atoms with van der Waals surface area (Å²) in [7, 11) is -3.67. The molecule has 0 unspecified atom stereocenters. The molecule has 3 rings (SSSR count). The van der Waals surface area contributed by atoms with Crippen LogP contribution in [0.25, 0.3) is 0 Å². The Kier molecular flexibility index (Phi) is 3.48. The number of sulfonamides is 1. The molecule has 6 heteroatoms. The van der Waals surface area contributed by atoms with Crippen LogP contribution >= 0.6 is 0 Å². The lowest BCUT2D eigenvalue weighted by molar-refractivity contribution is 0.597. The second-order valence-electron chi connectivity index (χ2n) is 5.52. The topological polar surface area (TPSA) is 62.6 Å². The molecule has 2 heterocycles. The van der Waals surface area contributed by atoms with Crippen molar-refractivity contribution in [2.45, 2.75) is 31.6 Å². The molecule has 0 radical (unpaired) electrons. The van der Waals surface area contributed by atoms with Gasteiger partial charge in [-0.3, -0.25) is 4.90 Å². The summed E-state index contributed by atoms with van der Waals surface area (Å²) in [5, 5.41) is 0. The van der Waals surface area contributed by atoms with Crippen molar-refractivity contribution in [3.63, 3.8) is 0 Å². The van der Waals surface area contributed by atoms with Crippen molar-refractivity contribution in [1.82, 2.24) is 4.98 Å². The van der Waals surface area contributed by atoms with Crippen molar-refractivity contribution in [3.05, 3.63) is 48.2 Å². The molecule has 0 bridgehead atoms. The number of fused-ring (bicyclic) bond motifs is 1. The van der Waals surface area contributed by atoms with Gasteiger partial charge in [0.15, 0.2) is 5.82 Å². The Morgan fingerprint density at radius 2 is 1.77 bits per heavy atom. The van der Waals surface area contributed by atoms with Crippen LogP contribution in [0.2, 0.25) is 0 Å². The Labute approximate surface area is 130 Å². The molecule has 5 nitrogen and oxygen atoms in total. The van der Waals surface area contributed by atoms with Crippen molar-refractivity contribution < 1.29 is 8.42 Å². The SMILES string of the molecule is CC1=NS(=O)(=O)c2cccnc2N1c1ccc(C(C)C)cc1. The molecule has 0 atom stereocenters. The van der Waals surface area contributed by atoms with Gasteiger partial charge in [0, 0.05) is 11.9 Å². The van der Waals surface area contributed by atoms with E-state index in [9.17, 15) is 8.42 Å². The van der Waals surface area contributed by atoms with E-state index < -0.39 is 10.0 Å². The number of aromatic nitrogens is 1. The van der Waals surface area contributed by atoms with Gasteiger partial charge in [-0.25, -0.2) is 4.98 Å². The molecular weight excluding hydrogens is 298 g/mol. The molecule has 114 valence electrons. The minimum atomic E-state index is -3.67. The van der Waals surface area contributed by atoms with Crippen LogP contribution < -0.4 is 4.90 Å². The zero-order valence-electron chi connectivity index (χ0n) is 12.7. The van der Waals surface area contributed by atoms with Gasteiger partial charge >= 0.3 is 0 Å².